The van der Waals surface area contributed by atoms with Gasteiger partial charge in [-0.2, -0.15) is 4.99 Å². The maximum Gasteiger partial charge on any atom is 0.357 e. The number of isothiocyanates is 1. The Morgan fingerprint density at radius 3 is 2.35 bits per heavy atom. The molecule has 2 fully saturated rings. The van der Waals surface area contributed by atoms with Crippen molar-refractivity contribution in [1.29, 1.82) is 5.41 Å². The summed E-state index contributed by atoms with van der Waals surface area (Å²) >= 11 is 4.60. The number of hydrogen-bond acceptors (Lipinski definition) is 19. The van der Waals surface area contributed by atoms with Crippen molar-refractivity contribution in [1.82, 2.24) is 0 Å². The van der Waals surface area contributed by atoms with Gasteiger partial charge < -0.3 is 58.7 Å². The zero-order valence-corrected chi connectivity index (χ0v) is 31.5. The molecule has 2 saturated heterocycles. The number of ketones is 1. The Kier molecular flexibility index (Phi) is 14.9. The minimum Gasteiger partial charge on any atom is -0.508 e. The Morgan fingerprint density at radius 2 is 1.81 bits per heavy atom. The van der Waals surface area contributed by atoms with Crippen molar-refractivity contribution in [3.8, 4) is 0 Å². The molecule has 300 valence electrons. The first-order valence-corrected chi connectivity index (χ1v) is 17.3. The van der Waals surface area contributed by atoms with E-state index >= 15 is 0 Å². The van der Waals surface area contributed by atoms with Crippen LogP contribution >= 0.6 is 12.2 Å². The molecule has 54 heavy (non-hydrogen) atoms. The van der Waals surface area contributed by atoms with E-state index in [-0.39, 0.29) is 24.5 Å². The molecule has 0 amide bonds. The summed E-state index contributed by atoms with van der Waals surface area (Å²) in [5, 5.41) is 66.1. The molecule has 0 aromatic heterocycles. The third-order valence-corrected chi connectivity index (χ3v) is 9.44. The minimum atomic E-state index is -3.03. The summed E-state index contributed by atoms with van der Waals surface area (Å²) in [7, 11) is 1.27. The van der Waals surface area contributed by atoms with Crippen LogP contribution in [0, 0.1) is 11.3 Å². The van der Waals surface area contributed by atoms with Crippen LogP contribution in [0.25, 0.3) is 0 Å². The third-order valence-electron chi connectivity index (χ3n) is 9.35. The second-order valence-electron chi connectivity index (χ2n) is 13.4. The van der Waals surface area contributed by atoms with Crippen LogP contribution in [0.1, 0.15) is 60.8 Å². The summed E-state index contributed by atoms with van der Waals surface area (Å²) in [4.78, 5) is 66.2. The van der Waals surface area contributed by atoms with Crippen LogP contribution in [0.2, 0.25) is 0 Å². The Hall–Kier alpha value is -3.98. The second kappa shape index (κ2) is 18.1. The molecule has 0 bridgehead atoms. The first kappa shape index (κ1) is 44.4. The number of ether oxygens (including phenoxy) is 7. The van der Waals surface area contributed by atoms with Gasteiger partial charge in [0.15, 0.2) is 35.1 Å². The lowest BCUT2D eigenvalue weighted by molar-refractivity contribution is -0.345. The highest BCUT2D eigenvalue weighted by molar-refractivity contribution is 7.78. The van der Waals surface area contributed by atoms with Crippen LogP contribution in [0.3, 0.4) is 0 Å². The fourth-order valence-electron chi connectivity index (χ4n) is 6.58. The van der Waals surface area contributed by atoms with E-state index in [1.165, 1.54) is 34.0 Å². The Bertz CT molecular complexity index is 1610. The molecule has 6 N–H and O–H groups in total. The maximum absolute atomic E-state index is 13.3. The molecule has 19 nitrogen and oxygen atoms in total. The molecule has 3 unspecified atom stereocenters. The predicted octanol–water partition coefficient (Wildman–Crippen LogP) is 0.461. The molecule has 0 aromatic rings. The van der Waals surface area contributed by atoms with E-state index in [0.29, 0.717) is 0 Å². The molecule has 2 heterocycles. The van der Waals surface area contributed by atoms with Crippen LogP contribution < -0.4 is 0 Å². The maximum atomic E-state index is 13.3. The molecule has 0 radical (unpaired) electrons. The molecule has 1 aliphatic carbocycles. The number of nitrogens with zero attached hydrogens (tertiary/aromatic N) is 1. The number of carbonyl (C=O) groups is 5. The van der Waals surface area contributed by atoms with E-state index in [2.05, 4.69) is 17.2 Å². The molecule has 0 spiro atoms. The smallest absolute Gasteiger partial charge is 0.357 e. The van der Waals surface area contributed by atoms with Gasteiger partial charge in [-0.05, 0) is 38.9 Å². The molecular formula is C34H46N2O17S. The summed E-state index contributed by atoms with van der Waals surface area (Å²) in [5.74, 6) is -7.22. The Labute approximate surface area is 315 Å². The van der Waals surface area contributed by atoms with Gasteiger partial charge in [-0.25, -0.2) is 9.59 Å². The zero-order valence-electron chi connectivity index (χ0n) is 30.7. The summed E-state index contributed by atoms with van der Waals surface area (Å²) in [5.41, 5.74) is -7.73. The van der Waals surface area contributed by atoms with Gasteiger partial charge in [-0.15, -0.1) is 0 Å². The molecule has 11 atom stereocenters. The minimum absolute atomic E-state index is 0.0351. The lowest BCUT2D eigenvalue weighted by atomic mass is 9.74. The number of Topliss-reactive ketones (excluding diaryl/α,β-unsaturated/α-hetero) is 1. The van der Waals surface area contributed by atoms with Crippen molar-refractivity contribution in [3.05, 3.63) is 23.1 Å². The van der Waals surface area contributed by atoms with Crippen molar-refractivity contribution >= 4 is 52.8 Å². The summed E-state index contributed by atoms with van der Waals surface area (Å²) < 4.78 is 40.0. The SMILES string of the molecule is C/C=C(/N=C=S)C(=O)O[C@H]1[C@@H](O[C@H]2C[C@H](OC)[C@@](O)(C(C)OC(=O)CC(C)C)[C@H](C)O2)[C@@H](O)C(C2(O)CC(=O)C(=N)C(C(=O)O)=C2O)O[C@@H]1COC(C)=O. The number of rotatable bonds is 14. The van der Waals surface area contributed by atoms with Crippen LogP contribution in [0.5, 0.6) is 0 Å². The molecule has 20 heteroatoms. The largest absolute Gasteiger partial charge is 0.508 e. The Balaban J connectivity index is 2.13. The standard InChI is InChI=1S/C34H46N2O17S/c1-8-18(36-13-54)32(44)53-27-20(12-48-17(6)37)51-30(33(45)11-19(38)25(35)24(29(33)41)31(42)43)26(40)28(27)52-23-10-21(47-7)34(46,16(5)50-23)15(4)49-22(39)9-14(2)3/h8,14-16,20-21,23,26-28,30,35,40-41,45-46H,9-12H2,1-7H3,(H,42,43)/b18-8+,35-25?/t15?,16-,20+,21-,23-,26+,27+,28-,30?,33?,34+/m0/s1. The third kappa shape index (κ3) is 9.27. The van der Waals surface area contributed by atoms with Gasteiger partial charge >= 0.3 is 23.9 Å². The predicted molar refractivity (Wildman–Crippen MR) is 184 cm³/mol. The van der Waals surface area contributed by atoms with Gasteiger partial charge in [0.25, 0.3) is 0 Å². The zero-order chi connectivity index (χ0) is 40.9. The number of methoxy groups -OCH3 is 1. The van der Waals surface area contributed by atoms with Crippen molar-refractivity contribution in [3.63, 3.8) is 0 Å². The van der Waals surface area contributed by atoms with E-state index in [9.17, 15) is 49.5 Å². The summed E-state index contributed by atoms with van der Waals surface area (Å²) in [6, 6.07) is 0. The average molecular weight is 787 g/mol. The number of thiocarbonyl (C=S) groups is 1. The lowest BCUT2D eigenvalue weighted by Crippen LogP contribution is -2.70. The van der Waals surface area contributed by atoms with Crippen LogP contribution in [0.15, 0.2) is 28.1 Å². The lowest BCUT2D eigenvalue weighted by Gasteiger charge is -2.52. The molecule has 0 saturated carbocycles. The topological polar surface area (TPSA) is 287 Å². The quantitative estimate of drug-likeness (QED) is 0.0458. The van der Waals surface area contributed by atoms with E-state index in [0.717, 1.165) is 6.92 Å². The number of carbonyl (C=O) groups excluding carboxylic acids is 4. The second-order valence-corrected chi connectivity index (χ2v) is 13.6. The summed E-state index contributed by atoms with van der Waals surface area (Å²) in [6.07, 6.45) is -14.9. The van der Waals surface area contributed by atoms with Gasteiger partial charge in [0.2, 0.25) is 0 Å². The van der Waals surface area contributed by atoms with E-state index in [1.807, 2.05) is 19.0 Å². The fraction of sp³-hybridized carbons (Fsp3) is 0.676. The van der Waals surface area contributed by atoms with Crippen molar-refractivity contribution in [2.24, 2.45) is 10.9 Å². The summed E-state index contributed by atoms with van der Waals surface area (Å²) in [6.45, 7) is 8.21. The number of aliphatic hydroxyl groups is 4. The van der Waals surface area contributed by atoms with Gasteiger partial charge in [-0.3, -0.25) is 19.8 Å². The first-order chi connectivity index (χ1) is 25.2. The highest BCUT2D eigenvalue weighted by Crippen LogP contribution is 2.42. The molecule has 2 aliphatic heterocycles. The number of aliphatic imine (C=N–C) groups is 1. The van der Waals surface area contributed by atoms with Crippen molar-refractivity contribution < 1.29 is 82.7 Å². The van der Waals surface area contributed by atoms with E-state index < -0.39 is 126 Å². The molecule has 3 rings (SSSR count). The number of aliphatic carboxylic acids is 1. The fourth-order valence-corrected chi connectivity index (χ4v) is 6.68. The van der Waals surface area contributed by atoms with Gasteiger partial charge in [0.1, 0.15) is 54.2 Å². The number of allylic oxidation sites excluding steroid dienone is 1. The van der Waals surface area contributed by atoms with Gasteiger partial charge in [0, 0.05) is 26.9 Å². The Morgan fingerprint density at radius 1 is 1.17 bits per heavy atom. The number of aliphatic hydroxyl groups excluding tert-OH is 2. The van der Waals surface area contributed by atoms with Gasteiger partial charge in [0.05, 0.1) is 23.8 Å². The number of esters is 3. The average Bonchev–Trinajstić information content (AvgIpc) is 3.08. The molecule has 0 aromatic carbocycles. The highest BCUT2D eigenvalue weighted by atomic mass is 32.1. The monoisotopic (exact) mass is 786 g/mol. The number of nitrogens with one attached hydrogen (secondary N) is 1. The highest BCUT2D eigenvalue weighted by Gasteiger charge is 2.62. The van der Waals surface area contributed by atoms with Crippen LogP contribution in [-0.2, 0) is 57.1 Å². The van der Waals surface area contributed by atoms with Crippen LogP contribution in [0.4, 0.5) is 0 Å². The number of hydrogen-bond donors (Lipinski definition) is 6. The number of carboxylic acid groups (broad SMARTS) is 1. The first-order valence-electron chi connectivity index (χ1n) is 16.9. The molecular weight excluding hydrogens is 740 g/mol. The van der Waals surface area contributed by atoms with Crippen molar-refractivity contribution in [2.75, 3.05) is 13.7 Å². The van der Waals surface area contributed by atoms with E-state index in [1.54, 1.807) is 0 Å². The molecule has 3 aliphatic rings. The van der Waals surface area contributed by atoms with E-state index in [4.69, 9.17) is 38.6 Å². The van der Waals surface area contributed by atoms with Crippen LogP contribution in [-0.4, -0.2) is 146 Å². The number of carboxylic acids is 1. The van der Waals surface area contributed by atoms with Crippen molar-refractivity contribution in [2.45, 2.75) is 127 Å². The normalized spacial score (nSPS) is 33.8. The van der Waals surface area contributed by atoms with Gasteiger partial charge in [-0.1, -0.05) is 19.9 Å².